The van der Waals surface area contributed by atoms with Crippen LogP contribution in [0.1, 0.15) is 27.7 Å². The van der Waals surface area contributed by atoms with E-state index in [0.717, 1.165) is 6.54 Å². The second kappa shape index (κ2) is 16.5. The van der Waals surface area contributed by atoms with Gasteiger partial charge in [-0.2, -0.15) is 0 Å². The molecule has 0 unspecified atom stereocenters. The molecule has 12 heavy (non-hydrogen) atoms. The standard InChI is InChI=1S/C6H15N2.C2H6.CH3.Rf/c1-6(2)5-7-8(3)4;1-2;;/h6H,5H2,1-4H3;1-2H3;1H3;/q-1;;-1;. The van der Waals surface area contributed by atoms with Crippen molar-refractivity contribution >= 4 is 0 Å². The van der Waals surface area contributed by atoms with Crippen LogP contribution in [0.3, 0.4) is 0 Å². The van der Waals surface area contributed by atoms with E-state index < -0.39 is 0 Å². The average molecular weight is 427 g/mol. The predicted molar refractivity (Wildman–Crippen MR) is 54.5 cm³/mol. The largest absolute Gasteiger partial charge is 0.595 e. The fourth-order valence-corrected chi connectivity index (χ4v) is 0.327. The Bertz CT molecular complexity index is 48.5. The zero-order valence-corrected chi connectivity index (χ0v) is 16.3. The summed E-state index contributed by atoms with van der Waals surface area (Å²) in [4.78, 5) is 0. The van der Waals surface area contributed by atoms with Crippen molar-refractivity contribution in [1.82, 2.24) is 5.01 Å². The van der Waals surface area contributed by atoms with Crippen molar-refractivity contribution in [3.05, 3.63) is 12.9 Å². The molecular weight excluding hydrogens is 403 g/mol. The van der Waals surface area contributed by atoms with Gasteiger partial charge in [0.15, 0.2) is 0 Å². The maximum Gasteiger partial charge on any atom is 0 e. The third-order valence-electron chi connectivity index (χ3n) is 0.730. The van der Waals surface area contributed by atoms with Crippen molar-refractivity contribution < 1.29 is 0 Å². The normalized spacial score (nSPS) is 8.00. The van der Waals surface area contributed by atoms with E-state index >= 15 is 0 Å². The van der Waals surface area contributed by atoms with Gasteiger partial charge >= 0.3 is 0 Å². The molecule has 0 amide bonds. The second-order valence-corrected chi connectivity index (χ2v) is 2.57. The Balaban J connectivity index is -0.0000000740. The number of rotatable bonds is 3. The Morgan fingerprint density at radius 2 is 1.50 bits per heavy atom. The first-order valence-electron chi connectivity index (χ1n) is 3.97. The minimum atomic E-state index is 0. The van der Waals surface area contributed by atoms with Gasteiger partial charge in [-0.1, -0.05) is 33.6 Å². The Labute approximate surface area is 73.0 Å². The van der Waals surface area contributed by atoms with Gasteiger partial charge in [-0.05, 0) is 14.1 Å². The molecule has 0 aromatic heterocycles. The quantitative estimate of drug-likeness (QED) is 0.500. The van der Waals surface area contributed by atoms with E-state index in [1.54, 1.807) is 0 Å². The van der Waals surface area contributed by atoms with Crippen molar-refractivity contribution in [1.29, 1.82) is 0 Å². The summed E-state index contributed by atoms with van der Waals surface area (Å²) in [6.45, 7) is 9.26. The molecule has 0 bridgehead atoms. The van der Waals surface area contributed by atoms with Gasteiger partial charge in [-0.25, -0.2) is 0 Å². The maximum absolute atomic E-state index is 4.16. The van der Waals surface area contributed by atoms with E-state index in [4.69, 9.17) is 0 Å². The van der Waals surface area contributed by atoms with E-state index in [-0.39, 0.29) is 7.43 Å². The van der Waals surface area contributed by atoms with Crippen LogP contribution in [-0.4, -0.2) is 25.6 Å². The van der Waals surface area contributed by atoms with Crippen molar-refractivity contribution in [3.63, 3.8) is 0 Å². The van der Waals surface area contributed by atoms with Crippen LogP contribution in [0.5, 0.6) is 0 Å². The smallest absolute Gasteiger partial charge is 0 e. The van der Waals surface area contributed by atoms with Crippen LogP contribution in [0.25, 0.3) is 5.43 Å². The molecule has 0 aromatic carbocycles. The van der Waals surface area contributed by atoms with Crippen molar-refractivity contribution in [2.24, 2.45) is 5.92 Å². The van der Waals surface area contributed by atoms with E-state index in [2.05, 4.69) is 19.3 Å². The molecule has 0 saturated heterocycles. The van der Waals surface area contributed by atoms with E-state index in [0.29, 0.717) is 5.92 Å². The molecule has 2 nitrogen and oxygen atoms in total. The van der Waals surface area contributed by atoms with Crippen LogP contribution in [0, 0.1) is 13.3 Å². The minimum absolute atomic E-state index is 0. The Morgan fingerprint density at radius 3 is 1.58 bits per heavy atom. The maximum atomic E-state index is 4.16. The molecule has 0 fully saturated rings. The molecule has 0 aliphatic rings. The monoisotopic (exact) mass is 427 g/mol. The van der Waals surface area contributed by atoms with Crippen LogP contribution in [0.15, 0.2) is 0 Å². The molecule has 0 heterocycles. The minimum Gasteiger partial charge on any atom is -0.595 e. The third-order valence-corrected chi connectivity index (χ3v) is 0.730. The third kappa shape index (κ3) is 36.4. The SMILES string of the molecule is CC.CC(C)C[N-]N(C)C.[CH3-].[Rf]. The fraction of sp³-hybridized carbons (Fsp3) is 0.889. The summed E-state index contributed by atoms with van der Waals surface area (Å²) in [5, 5.41) is 1.85. The zero-order valence-electron chi connectivity index (χ0n) is 9.89. The van der Waals surface area contributed by atoms with Crippen LogP contribution < -0.4 is 0 Å². The van der Waals surface area contributed by atoms with Crippen molar-refractivity contribution in [2.45, 2.75) is 27.7 Å². The Morgan fingerprint density at radius 1 is 1.17 bits per heavy atom. The average Bonchev–Trinajstić information content (AvgIpc) is 1.89. The van der Waals surface area contributed by atoms with E-state index in [1.165, 1.54) is 0 Å². The van der Waals surface area contributed by atoms with Crippen LogP contribution in [-0.2, 0) is 0 Å². The number of hydrogen-bond donors (Lipinski definition) is 0. The fourth-order valence-electron chi connectivity index (χ4n) is 0.327. The Hall–Kier alpha value is -1.08. The second-order valence-electron chi connectivity index (χ2n) is 2.57. The Kier molecular flexibility index (Phi) is 30.8. The zero-order chi connectivity index (χ0) is 8.57. The molecule has 0 radical (unpaired) electrons. The van der Waals surface area contributed by atoms with Crippen LogP contribution in [0.4, 0.5) is 0 Å². The summed E-state index contributed by atoms with van der Waals surface area (Å²) < 4.78 is 0. The first-order valence-corrected chi connectivity index (χ1v) is 3.97. The van der Waals surface area contributed by atoms with Gasteiger partial charge in [0.05, 0.1) is 0 Å². The van der Waals surface area contributed by atoms with Crippen LogP contribution >= 0.6 is 0 Å². The molecule has 0 aliphatic carbocycles. The van der Waals surface area contributed by atoms with E-state index in [9.17, 15) is 0 Å². The van der Waals surface area contributed by atoms with E-state index in [1.807, 2.05) is 33.0 Å². The molecule has 0 spiro atoms. The first-order chi connectivity index (χ1) is 4.63. The summed E-state index contributed by atoms with van der Waals surface area (Å²) in [6.07, 6.45) is 0. The number of nitrogens with zero attached hydrogens (tertiary/aromatic N) is 2. The van der Waals surface area contributed by atoms with Crippen molar-refractivity contribution in [2.75, 3.05) is 20.6 Å². The van der Waals surface area contributed by atoms with Gasteiger partial charge < -0.3 is 17.9 Å². The van der Waals surface area contributed by atoms with Crippen LogP contribution in [0.2, 0.25) is 0 Å². The predicted octanol–water partition coefficient (Wildman–Crippen LogP) is 2.97. The summed E-state index contributed by atoms with van der Waals surface area (Å²) in [5.41, 5.74) is 4.16. The molecule has 0 saturated carbocycles. The van der Waals surface area contributed by atoms with Gasteiger partial charge in [-0.15, -0.1) is 6.54 Å². The van der Waals surface area contributed by atoms with Gasteiger partial charge in [0.2, 0.25) is 0 Å². The molecule has 3 heteroatoms. The molecule has 0 aromatic rings. The van der Waals surface area contributed by atoms with Crippen molar-refractivity contribution in [3.8, 4) is 0 Å². The summed E-state index contributed by atoms with van der Waals surface area (Å²) in [6, 6.07) is 0. The summed E-state index contributed by atoms with van der Waals surface area (Å²) in [5.74, 6) is 0.678. The summed E-state index contributed by atoms with van der Waals surface area (Å²) in [7, 11) is 3.89. The molecule has 0 N–H and O–H groups in total. The summed E-state index contributed by atoms with van der Waals surface area (Å²) >= 11 is 0. The van der Waals surface area contributed by atoms with Gasteiger partial charge in [0.1, 0.15) is 0 Å². The van der Waals surface area contributed by atoms with Gasteiger partial charge in [0.25, 0.3) is 0 Å². The first kappa shape index (κ1) is 22.4. The number of hydrogen-bond acceptors (Lipinski definition) is 1. The molecule has 0 atom stereocenters. The topological polar surface area (TPSA) is 17.3 Å². The molecule has 74 valence electrons. The molecular formula is C9H24N2Rf-2. The molecule has 0 rings (SSSR count). The van der Waals surface area contributed by atoms with Gasteiger partial charge in [-0.3, -0.25) is 0 Å². The molecule has 0 aliphatic heterocycles. The van der Waals surface area contributed by atoms with Gasteiger partial charge in [0, 0.05) is 0 Å².